The minimum Gasteiger partial charge on any atom is -0.424 e. The number of rotatable bonds is 5. The standard InChI is InChI=1S/C21H26N4O3/c1-14(26)24-19-9-16-12-25(13-17(16)10-20(19)27)11-15-3-5-18(6-4-15)28-21-22-7-2-8-23-21/h2-8,16-17,19-20,27H,9-13H2,1H3,(H,24,26)/t16-,17+,19-,20-/m1/s1. The first-order chi connectivity index (χ1) is 13.6. The van der Waals surface area contributed by atoms with E-state index < -0.39 is 6.10 Å². The highest BCUT2D eigenvalue weighted by Crippen LogP contribution is 2.37. The SMILES string of the molecule is CC(=O)N[C@@H]1C[C@@H]2CN(Cc3ccc(Oc4ncccn4)cc3)C[C@@H]2C[C@H]1O. The predicted octanol–water partition coefficient (Wildman–Crippen LogP) is 1.98. The van der Waals surface area contributed by atoms with Crippen molar-refractivity contribution in [2.45, 2.75) is 38.5 Å². The molecule has 7 heteroatoms. The van der Waals surface area contributed by atoms with Gasteiger partial charge in [0.05, 0.1) is 12.1 Å². The Hall–Kier alpha value is -2.51. The van der Waals surface area contributed by atoms with E-state index in [9.17, 15) is 9.90 Å². The second-order valence-electron chi connectivity index (χ2n) is 7.84. The van der Waals surface area contributed by atoms with E-state index >= 15 is 0 Å². The number of nitrogens with zero attached hydrogens (tertiary/aromatic N) is 3. The van der Waals surface area contributed by atoms with E-state index in [1.54, 1.807) is 18.5 Å². The summed E-state index contributed by atoms with van der Waals surface area (Å²) in [6.45, 7) is 4.38. The molecule has 148 valence electrons. The number of carbonyl (C=O) groups excluding carboxylic acids is 1. The number of ether oxygens (including phenoxy) is 1. The monoisotopic (exact) mass is 382 g/mol. The van der Waals surface area contributed by atoms with Crippen LogP contribution in [-0.2, 0) is 11.3 Å². The van der Waals surface area contributed by atoms with E-state index in [1.165, 1.54) is 12.5 Å². The largest absolute Gasteiger partial charge is 0.424 e. The summed E-state index contributed by atoms with van der Waals surface area (Å²) in [5.41, 5.74) is 1.22. The van der Waals surface area contributed by atoms with E-state index in [4.69, 9.17) is 4.74 Å². The number of hydrogen-bond acceptors (Lipinski definition) is 6. The van der Waals surface area contributed by atoms with Crippen LogP contribution in [0.4, 0.5) is 0 Å². The molecular formula is C21H26N4O3. The molecule has 1 aliphatic heterocycles. The summed E-state index contributed by atoms with van der Waals surface area (Å²) in [5.74, 6) is 1.67. The van der Waals surface area contributed by atoms with E-state index in [2.05, 4.69) is 32.3 Å². The Morgan fingerprint density at radius 3 is 2.54 bits per heavy atom. The molecule has 0 radical (unpaired) electrons. The number of nitrogens with one attached hydrogen (secondary N) is 1. The number of likely N-dealkylation sites (tertiary alicyclic amines) is 1. The Morgan fingerprint density at radius 1 is 1.18 bits per heavy atom. The van der Waals surface area contributed by atoms with Gasteiger partial charge in [0.1, 0.15) is 5.75 Å². The third kappa shape index (κ3) is 4.48. The molecule has 0 spiro atoms. The lowest BCUT2D eigenvalue weighted by Crippen LogP contribution is -2.48. The van der Waals surface area contributed by atoms with E-state index in [0.717, 1.165) is 32.5 Å². The molecule has 2 aliphatic rings. The summed E-state index contributed by atoms with van der Waals surface area (Å²) in [7, 11) is 0. The lowest BCUT2D eigenvalue weighted by atomic mass is 9.77. The second-order valence-corrected chi connectivity index (χ2v) is 7.84. The highest BCUT2D eigenvalue weighted by molar-refractivity contribution is 5.73. The predicted molar refractivity (Wildman–Crippen MR) is 104 cm³/mol. The summed E-state index contributed by atoms with van der Waals surface area (Å²) >= 11 is 0. The minimum atomic E-state index is -0.443. The quantitative estimate of drug-likeness (QED) is 0.822. The number of benzene rings is 1. The van der Waals surface area contributed by atoms with Crippen molar-refractivity contribution in [1.82, 2.24) is 20.2 Å². The van der Waals surface area contributed by atoms with Crippen molar-refractivity contribution in [3.05, 3.63) is 48.3 Å². The Bertz CT molecular complexity index is 799. The lowest BCUT2D eigenvalue weighted by Gasteiger charge is -2.35. The Kier molecular flexibility index (Phi) is 5.54. The van der Waals surface area contributed by atoms with Crippen molar-refractivity contribution in [3.63, 3.8) is 0 Å². The fourth-order valence-electron chi connectivity index (χ4n) is 4.44. The van der Waals surface area contributed by atoms with Gasteiger partial charge in [-0.05, 0) is 48.4 Å². The number of aliphatic hydroxyl groups excluding tert-OH is 1. The van der Waals surface area contributed by atoms with Gasteiger partial charge in [-0.15, -0.1) is 0 Å². The van der Waals surface area contributed by atoms with Crippen LogP contribution < -0.4 is 10.1 Å². The third-order valence-electron chi connectivity index (χ3n) is 5.69. The summed E-state index contributed by atoms with van der Waals surface area (Å²) in [5, 5.41) is 13.2. The van der Waals surface area contributed by atoms with Gasteiger partial charge in [-0.3, -0.25) is 9.69 Å². The molecule has 1 saturated carbocycles. The van der Waals surface area contributed by atoms with Crippen molar-refractivity contribution >= 4 is 5.91 Å². The molecule has 4 rings (SSSR count). The van der Waals surface area contributed by atoms with Gasteiger partial charge >= 0.3 is 6.01 Å². The Labute approximate surface area is 164 Å². The maximum absolute atomic E-state index is 11.3. The maximum Gasteiger partial charge on any atom is 0.321 e. The van der Waals surface area contributed by atoms with Crippen molar-refractivity contribution < 1.29 is 14.6 Å². The van der Waals surface area contributed by atoms with E-state index in [0.29, 0.717) is 23.6 Å². The van der Waals surface area contributed by atoms with Gasteiger partial charge in [0, 0.05) is 39.0 Å². The smallest absolute Gasteiger partial charge is 0.321 e. The van der Waals surface area contributed by atoms with Crippen LogP contribution >= 0.6 is 0 Å². The summed E-state index contributed by atoms with van der Waals surface area (Å²) in [6, 6.07) is 9.98. The first-order valence-electron chi connectivity index (χ1n) is 9.78. The van der Waals surface area contributed by atoms with Gasteiger partial charge in [-0.1, -0.05) is 12.1 Å². The summed E-state index contributed by atoms with van der Waals surface area (Å²) < 4.78 is 5.64. The molecule has 7 nitrogen and oxygen atoms in total. The summed E-state index contributed by atoms with van der Waals surface area (Å²) in [4.78, 5) is 21.9. The Morgan fingerprint density at radius 2 is 1.86 bits per heavy atom. The molecule has 0 unspecified atom stereocenters. The molecule has 2 fully saturated rings. The number of hydrogen-bond donors (Lipinski definition) is 2. The highest BCUT2D eigenvalue weighted by atomic mass is 16.5. The van der Waals surface area contributed by atoms with Crippen LogP contribution in [0.5, 0.6) is 11.8 Å². The van der Waals surface area contributed by atoms with Gasteiger partial charge in [-0.25, -0.2) is 9.97 Å². The molecule has 2 heterocycles. The van der Waals surface area contributed by atoms with Gasteiger partial charge in [0.2, 0.25) is 5.91 Å². The zero-order valence-corrected chi connectivity index (χ0v) is 16.0. The first-order valence-corrected chi connectivity index (χ1v) is 9.78. The molecule has 1 aromatic carbocycles. The van der Waals surface area contributed by atoms with Crippen LogP contribution in [-0.4, -0.2) is 51.1 Å². The molecule has 2 N–H and O–H groups in total. The van der Waals surface area contributed by atoms with Crippen molar-refractivity contribution in [2.75, 3.05) is 13.1 Å². The number of fused-ring (bicyclic) bond motifs is 1. The second kappa shape index (κ2) is 8.24. The zero-order chi connectivity index (χ0) is 19.5. The third-order valence-corrected chi connectivity index (χ3v) is 5.69. The number of aliphatic hydroxyl groups is 1. The van der Waals surface area contributed by atoms with E-state index in [-0.39, 0.29) is 11.9 Å². The first kappa shape index (κ1) is 18.8. The van der Waals surface area contributed by atoms with Crippen LogP contribution in [0.2, 0.25) is 0 Å². The van der Waals surface area contributed by atoms with Crippen LogP contribution in [0.25, 0.3) is 0 Å². The van der Waals surface area contributed by atoms with Crippen molar-refractivity contribution in [2.24, 2.45) is 11.8 Å². The Balaban J connectivity index is 1.32. The molecular weight excluding hydrogens is 356 g/mol. The molecule has 1 aromatic heterocycles. The average Bonchev–Trinajstić information content (AvgIpc) is 3.05. The van der Waals surface area contributed by atoms with Crippen molar-refractivity contribution in [3.8, 4) is 11.8 Å². The molecule has 2 aromatic rings. The van der Waals surface area contributed by atoms with Crippen molar-refractivity contribution in [1.29, 1.82) is 0 Å². The van der Waals surface area contributed by atoms with Crippen LogP contribution in [0.1, 0.15) is 25.3 Å². The lowest BCUT2D eigenvalue weighted by molar-refractivity contribution is -0.121. The molecule has 1 amide bonds. The molecule has 4 atom stereocenters. The van der Waals surface area contributed by atoms with Crippen LogP contribution in [0, 0.1) is 11.8 Å². The fraction of sp³-hybridized carbons (Fsp3) is 0.476. The highest BCUT2D eigenvalue weighted by Gasteiger charge is 2.41. The molecule has 1 saturated heterocycles. The van der Waals surface area contributed by atoms with Crippen LogP contribution in [0.3, 0.4) is 0 Å². The maximum atomic E-state index is 11.3. The number of carbonyl (C=O) groups is 1. The van der Waals surface area contributed by atoms with Gasteiger partial charge in [-0.2, -0.15) is 0 Å². The van der Waals surface area contributed by atoms with Gasteiger partial charge < -0.3 is 15.2 Å². The van der Waals surface area contributed by atoms with Crippen LogP contribution in [0.15, 0.2) is 42.7 Å². The molecule has 28 heavy (non-hydrogen) atoms. The van der Waals surface area contributed by atoms with Gasteiger partial charge in [0.25, 0.3) is 0 Å². The topological polar surface area (TPSA) is 87.6 Å². The molecule has 0 bridgehead atoms. The van der Waals surface area contributed by atoms with E-state index in [1.807, 2.05) is 12.1 Å². The summed E-state index contributed by atoms with van der Waals surface area (Å²) in [6.07, 6.45) is 4.47. The zero-order valence-electron chi connectivity index (χ0n) is 16.0. The average molecular weight is 382 g/mol. The fourth-order valence-corrected chi connectivity index (χ4v) is 4.44. The number of aromatic nitrogens is 2. The van der Waals surface area contributed by atoms with Gasteiger partial charge in [0.15, 0.2) is 0 Å². The molecule has 1 aliphatic carbocycles. The number of amides is 1. The normalized spacial score (nSPS) is 27.2. The minimum absolute atomic E-state index is 0.0689.